The van der Waals surface area contributed by atoms with Gasteiger partial charge in [-0.05, 0) is 18.3 Å². The summed E-state index contributed by atoms with van der Waals surface area (Å²) >= 11 is 1.49. The van der Waals surface area contributed by atoms with Gasteiger partial charge in [0.2, 0.25) is 0 Å². The van der Waals surface area contributed by atoms with Crippen molar-refractivity contribution in [1.29, 1.82) is 0 Å². The SMILES string of the molecule is CC1(CNc2nc(CC(=O)O)cs2)CCCC1. The minimum Gasteiger partial charge on any atom is -0.481 e. The number of thiazole rings is 1. The van der Waals surface area contributed by atoms with Crippen LogP contribution in [0.3, 0.4) is 0 Å². The summed E-state index contributed by atoms with van der Waals surface area (Å²) in [7, 11) is 0. The fraction of sp³-hybridized carbons (Fsp3) is 0.667. The Morgan fingerprint density at radius 2 is 2.29 bits per heavy atom. The normalized spacial score (nSPS) is 18.2. The second-order valence-electron chi connectivity index (χ2n) is 5.09. The lowest BCUT2D eigenvalue weighted by atomic mass is 9.89. The number of aromatic nitrogens is 1. The average Bonchev–Trinajstić information content (AvgIpc) is 2.85. The van der Waals surface area contributed by atoms with Crippen LogP contribution < -0.4 is 5.32 Å². The van der Waals surface area contributed by atoms with E-state index in [4.69, 9.17) is 5.11 Å². The molecule has 1 aliphatic rings. The van der Waals surface area contributed by atoms with Crippen LogP contribution in [0.15, 0.2) is 5.38 Å². The lowest BCUT2D eigenvalue weighted by molar-refractivity contribution is -0.136. The predicted octanol–water partition coefficient (Wildman–Crippen LogP) is 2.76. The predicted molar refractivity (Wildman–Crippen MR) is 68.5 cm³/mol. The molecule has 17 heavy (non-hydrogen) atoms. The first kappa shape index (κ1) is 12.4. The van der Waals surface area contributed by atoms with E-state index in [1.165, 1.54) is 37.0 Å². The zero-order valence-electron chi connectivity index (χ0n) is 10.0. The number of carbonyl (C=O) groups is 1. The van der Waals surface area contributed by atoms with Crippen LogP contribution in [0.25, 0.3) is 0 Å². The van der Waals surface area contributed by atoms with E-state index in [0.717, 1.165) is 11.7 Å². The van der Waals surface area contributed by atoms with Gasteiger partial charge in [-0.3, -0.25) is 4.79 Å². The third kappa shape index (κ3) is 3.43. The molecule has 0 aliphatic heterocycles. The molecule has 4 nitrogen and oxygen atoms in total. The van der Waals surface area contributed by atoms with Gasteiger partial charge in [0.25, 0.3) is 0 Å². The minimum absolute atomic E-state index is 0.00937. The third-order valence-corrected chi connectivity index (χ3v) is 4.21. The van der Waals surface area contributed by atoms with Gasteiger partial charge in [0.1, 0.15) is 0 Å². The topological polar surface area (TPSA) is 62.2 Å². The Bertz CT molecular complexity index is 397. The van der Waals surface area contributed by atoms with E-state index in [-0.39, 0.29) is 6.42 Å². The first-order valence-electron chi connectivity index (χ1n) is 5.97. The van der Waals surface area contributed by atoms with Crippen molar-refractivity contribution < 1.29 is 9.90 Å². The largest absolute Gasteiger partial charge is 0.481 e. The number of hydrogen-bond donors (Lipinski definition) is 2. The highest BCUT2D eigenvalue weighted by molar-refractivity contribution is 7.13. The molecule has 0 spiro atoms. The van der Waals surface area contributed by atoms with Crippen molar-refractivity contribution in [3.63, 3.8) is 0 Å². The molecular formula is C12H18N2O2S. The van der Waals surface area contributed by atoms with E-state index in [9.17, 15) is 4.79 Å². The quantitative estimate of drug-likeness (QED) is 0.848. The van der Waals surface area contributed by atoms with E-state index < -0.39 is 5.97 Å². The van der Waals surface area contributed by atoms with Crippen molar-refractivity contribution in [2.24, 2.45) is 5.41 Å². The van der Waals surface area contributed by atoms with E-state index in [1.807, 2.05) is 5.38 Å². The van der Waals surface area contributed by atoms with E-state index >= 15 is 0 Å². The van der Waals surface area contributed by atoms with Gasteiger partial charge in [-0.25, -0.2) is 4.98 Å². The summed E-state index contributed by atoms with van der Waals surface area (Å²) in [6.45, 7) is 3.24. The molecule has 1 aliphatic carbocycles. The Morgan fingerprint density at radius 1 is 1.59 bits per heavy atom. The molecule has 0 amide bonds. The fourth-order valence-corrected chi connectivity index (χ4v) is 3.03. The van der Waals surface area contributed by atoms with Crippen LogP contribution in [0.2, 0.25) is 0 Å². The molecule has 1 aromatic rings. The van der Waals surface area contributed by atoms with Crippen LogP contribution in [0.1, 0.15) is 38.3 Å². The van der Waals surface area contributed by atoms with Crippen LogP contribution >= 0.6 is 11.3 Å². The summed E-state index contributed by atoms with van der Waals surface area (Å²) in [5, 5.41) is 14.7. The Hall–Kier alpha value is -1.10. The van der Waals surface area contributed by atoms with Crippen molar-refractivity contribution in [2.45, 2.75) is 39.0 Å². The third-order valence-electron chi connectivity index (χ3n) is 3.36. The monoisotopic (exact) mass is 254 g/mol. The molecule has 2 rings (SSSR count). The van der Waals surface area contributed by atoms with Crippen LogP contribution in [0.5, 0.6) is 0 Å². The van der Waals surface area contributed by atoms with Crippen molar-refractivity contribution >= 4 is 22.4 Å². The zero-order chi connectivity index (χ0) is 12.3. The molecule has 0 atom stereocenters. The molecule has 1 saturated carbocycles. The molecule has 0 radical (unpaired) electrons. The second-order valence-corrected chi connectivity index (χ2v) is 5.94. The minimum atomic E-state index is -0.829. The van der Waals surface area contributed by atoms with Crippen molar-refractivity contribution in [1.82, 2.24) is 4.98 Å². The van der Waals surface area contributed by atoms with Gasteiger partial charge >= 0.3 is 5.97 Å². The maximum atomic E-state index is 10.5. The number of hydrogen-bond acceptors (Lipinski definition) is 4. The van der Waals surface area contributed by atoms with Crippen LogP contribution in [0, 0.1) is 5.41 Å². The van der Waals surface area contributed by atoms with E-state index in [2.05, 4.69) is 17.2 Å². The lowest BCUT2D eigenvalue weighted by Gasteiger charge is -2.23. The first-order valence-corrected chi connectivity index (χ1v) is 6.85. The smallest absolute Gasteiger partial charge is 0.309 e. The molecule has 1 fully saturated rings. The number of nitrogens with one attached hydrogen (secondary N) is 1. The maximum absolute atomic E-state index is 10.5. The molecule has 5 heteroatoms. The Labute approximate surface area is 105 Å². The van der Waals surface area contributed by atoms with Gasteiger partial charge in [-0.1, -0.05) is 19.8 Å². The maximum Gasteiger partial charge on any atom is 0.309 e. The van der Waals surface area contributed by atoms with Gasteiger partial charge in [0.15, 0.2) is 5.13 Å². The molecule has 2 N–H and O–H groups in total. The summed E-state index contributed by atoms with van der Waals surface area (Å²) in [6.07, 6.45) is 5.19. The van der Waals surface area contributed by atoms with Crippen LogP contribution in [-0.4, -0.2) is 22.6 Å². The summed E-state index contributed by atoms with van der Waals surface area (Å²) in [5.74, 6) is -0.829. The van der Waals surface area contributed by atoms with E-state index in [1.54, 1.807) is 0 Å². The standard InChI is InChI=1S/C12H18N2O2S/c1-12(4-2-3-5-12)8-13-11-14-9(7-17-11)6-10(15)16/h7H,2-6,8H2,1H3,(H,13,14)(H,15,16). The molecule has 94 valence electrons. The molecule has 0 bridgehead atoms. The zero-order valence-corrected chi connectivity index (χ0v) is 10.8. The summed E-state index contributed by atoms with van der Waals surface area (Å²) < 4.78 is 0. The molecule has 1 heterocycles. The molecule has 0 unspecified atom stereocenters. The summed E-state index contributed by atoms with van der Waals surface area (Å²) in [6, 6.07) is 0. The first-order chi connectivity index (χ1) is 8.07. The van der Waals surface area contributed by atoms with Crippen molar-refractivity contribution in [3.8, 4) is 0 Å². The van der Waals surface area contributed by atoms with Gasteiger partial charge < -0.3 is 10.4 Å². The molecule has 0 saturated heterocycles. The highest BCUT2D eigenvalue weighted by Crippen LogP contribution is 2.37. The van der Waals surface area contributed by atoms with Gasteiger partial charge in [0.05, 0.1) is 12.1 Å². The van der Waals surface area contributed by atoms with Crippen LogP contribution in [0.4, 0.5) is 5.13 Å². The number of carboxylic acids is 1. The molecule has 1 aromatic heterocycles. The van der Waals surface area contributed by atoms with Crippen LogP contribution in [-0.2, 0) is 11.2 Å². The van der Waals surface area contributed by atoms with Gasteiger partial charge in [-0.15, -0.1) is 11.3 Å². The number of carboxylic acid groups (broad SMARTS) is 1. The Kier molecular flexibility index (Phi) is 3.66. The Morgan fingerprint density at radius 3 is 2.94 bits per heavy atom. The molecular weight excluding hydrogens is 236 g/mol. The average molecular weight is 254 g/mol. The fourth-order valence-electron chi connectivity index (χ4n) is 2.32. The number of aliphatic carboxylic acids is 1. The molecule has 0 aromatic carbocycles. The number of nitrogens with zero attached hydrogens (tertiary/aromatic N) is 1. The Balaban J connectivity index is 1.86. The lowest BCUT2D eigenvalue weighted by Crippen LogP contribution is -2.22. The highest BCUT2D eigenvalue weighted by Gasteiger charge is 2.28. The van der Waals surface area contributed by atoms with Gasteiger partial charge in [0, 0.05) is 11.9 Å². The van der Waals surface area contributed by atoms with E-state index in [0.29, 0.717) is 11.1 Å². The second kappa shape index (κ2) is 5.04. The van der Waals surface area contributed by atoms with Gasteiger partial charge in [-0.2, -0.15) is 0 Å². The summed E-state index contributed by atoms with van der Waals surface area (Å²) in [5.41, 5.74) is 1.03. The van der Waals surface area contributed by atoms with Crippen molar-refractivity contribution in [3.05, 3.63) is 11.1 Å². The highest BCUT2D eigenvalue weighted by atomic mass is 32.1. The number of rotatable bonds is 5. The summed E-state index contributed by atoms with van der Waals surface area (Å²) in [4.78, 5) is 14.8. The van der Waals surface area contributed by atoms with Crippen molar-refractivity contribution in [2.75, 3.05) is 11.9 Å². The number of anilines is 1.